The minimum atomic E-state index is -0.174. The van der Waals surface area contributed by atoms with Gasteiger partial charge in [0.15, 0.2) is 5.69 Å². The highest BCUT2D eigenvalue weighted by Gasteiger charge is 2.18. The molecule has 6 nitrogen and oxygen atoms in total. The molecule has 0 bridgehead atoms. The van der Waals surface area contributed by atoms with Crippen molar-refractivity contribution in [3.05, 3.63) is 41.7 Å². The summed E-state index contributed by atoms with van der Waals surface area (Å²) >= 11 is 0. The number of hydrogen-bond donors (Lipinski definition) is 2. The standard InChI is InChI=1S/C12H15N5O/c1-2-17(12(18)11-8-14-16-15-11)10-5-3-9(7-13)4-6-10/h3-6,8H,2,7,13H2,1H3,(H,14,15,16). The van der Waals surface area contributed by atoms with Crippen LogP contribution in [0.5, 0.6) is 0 Å². The normalized spacial score (nSPS) is 10.3. The Kier molecular flexibility index (Phi) is 3.69. The molecule has 1 heterocycles. The molecule has 0 fully saturated rings. The van der Waals surface area contributed by atoms with E-state index in [1.54, 1.807) is 4.90 Å². The van der Waals surface area contributed by atoms with Gasteiger partial charge in [-0.3, -0.25) is 4.79 Å². The van der Waals surface area contributed by atoms with Gasteiger partial charge in [-0.2, -0.15) is 15.4 Å². The summed E-state index contributed by atoms with van der Waals surface area (Å²) < 4.78 is 0. The number of H-pyrrole nitrogens is 1. The molecular weight excluding hydrogens is 230 g/mol. The maximum Gasteiger partial charge on any atom is 0.280 e. The average molecular weight is 245 g/mol. The average Bonchev–Trinajstić information content (AvgIpc) is 2.94. The second-order valence-electron chi connectivity index (χ2n) is 3.78. The minimum Gasteiger partial charge on any atom is -0.326 e. The first-order chi connectivity index (χ1) is 8.76. The number of amides is 1. The molecule has 1 aromatic heterocycles. The van der Waals surface area contributed by atoms with Gasteiger partial charge in [-0.1, -0.05) is 12.1 Å². The fourth-order valence-electron chi connectivity index (χ4n) is 1.70. The van der Waals surface area contributed by atoms with E-state index in [1.165, 1.54) is 6.20 Å². The highest BCUT2D eigenvalue weighted by Crippen LogP contribution is 2.17. The first-order valence-electron chi connectivity index (χ1n) is 5.73. The van der Waals surface area contributed by atoms with Crippen molar-refractivity contribution in [3.8, 4) is 0 Å². The zero-order valence-corrected chi connectivity index (χ0v) is 10.1. The molecule has 0 atom stereocenters. The minimum absolute atomic E-state index is 0.174. The SMILES string of the molecule is CCN(C(=O)c1cn[nH]n1)c1ccc(CN)cc1. The van der Waals surface area contributed by atoms with Gasteiger partial charge in [0.25, 0.3) is 5.91 Å². The Bertz CT molecular complexity index is 506. The van der Waals surface area contributed by atoms with Crippen LogP contribution in [-0.2, 0) is 6.54 Å². The number of anilines is 1. The Hall–Kier alpha value is -2.21. The maximum atomic E-state index is 12.2. The molecule has 0 spiro atoms. The maximum absolute atomic E-state index is 12.2. The second-order valence-corrected chi connectivity index (χ2v) is 3.78. The van der Waals surface area contributed by atoms with Crippen molar-refractivity contribution >= 4 is 11.6 Å². The van der Waals surface area contributed by atoms with E-state index in [4.69, 9.17) is 5.73 Å². The van der Waals surface area contributed by atoms with Crippen LogP contribution in [0.4, 0.5) is 5.69 Å². The number of nitrogens with one attached hydrogen (secondary N) is 1. The predicted molar refractivity (Wildman–Crippen MR) is 68.1 cm³/mol. The van der Waals surface area contributed by atoms with Crippen LogP contribution in [0.1, 0.15) is 23.0 Å². The zero-order chi connectivity index (χ0) is 13.0. The van der Waals surface area contributed by atoms with Gasteiger partial charge in [0, 0.05) is 18.8 Å². The molecule has 0 unspecified atom stereocenters. The Labute approximate surface area is 105 Å². The third-order valence-corrected chi connectivity index (χ3v) is 2.68. The summed E-state index contributed by atoms with van der Waals surface area (Å²) in [5.74, 6) is -0.174. The lowest BCUT2D eigenvalue weighted by Gasteiger charge is -2.19. The number of hydrogen-bond acceptors (Lipinski definition) is 4. The van der Waals surface area contributed by atoms with Crippen LogP contribution in [-0.4, -0.2) is 27.9 Å². The number of nitrogens with two attached hydrogens (primary N) is 1. The monoisotopic (exact) mass is 245 g/mol. The van der Waals surface area contributed by atoms with Gasteiger partial charge < -0.3 is 10.6 Å². The summed E-state index contributed by atoms with van der Waals surface area (Å²) in [6.45, 7) is 2.96. The molecule has 0 aliphatic heterocycles. The van der Waals surface area contributed by atoms with Gasteiger partial charge in [0.1, 0.15) is 0 Å². The van der Waals surface area contributed by atoms with Crippen molar-refractivity contribution in [3.63, 3.8) is 0 Å². The van der Waals surface area contributed by atoms with E-state index in [0.29, 0.717) is 18.8 Å². The summed E-state index contributed by atoms with van der Waals surface area (Å²) in [4.78, 5) is 13.8. The molecule has 18 heavy (non-hydrogen) atoms. The molecule has 3 N–H and O–H groups in total. The van der Waals surface area contributed by atoms with E-state index in [2.05, 4.69) is 15.4 Å². The number of nitrogens with zero attached hydrogens (tertiary/aromatic N) is 3. The Morgan fingerprint density at radius 2 is 2.11 bits per heavy atom. The highest BCUT2D eigenvalue weighted by molar-refractivity contribution is 6.04. The number of rotatable bonds is 4. The van der Waals surface area contributed by atoms with Crippen molar-refractivity contribution in [2.24, 2.45) is 5.73 Å². The lowest BCUT2D eigenvalue weighted by atomic mass is 10.2. The Morgan fingerprint density at radius 1 is 1.39 bits per heavy atom. The zero-order valence-electron chi connectivity index (χ0n) is 10.1. The Balaban J connectivity index is 2.24. The smallest absolute Gasteiger partial charge is 0.280 e. The molecule has 94 valence electrons. The number of aromatic nitrogens is 3. The lowest BCUT2D eigenvalue weighted by Crippen LogP contribution is -2.30. The fourth-order valence-corrected chi connectivity index (χ4v) is 1.70. The van der Waals surface area contributed by atoms with Crippen LogP contribution in [0.3, 0.4) is 0 Å². The van der Waals surface area contributed by atoms with E-state index in [9.17, 15) is 4.79 Å². The molecule has 2 aromatic rings. The molecular formula is C12H15N5O. The van der Waals surface area contributed by atoms with Crippen LogP contribution >= 0.6 is 0 Å². The van der Waals surface area contributed by atoms with Crippen LogP contribution in [0, 0.1) is 0 Å². The van der Waals surface area contributed by atoms with Crippen molar-refractivity contribution in [2.75, 3.05) is 11.4 Å². The van der Waals surface area contributed by atoms with Gasteiger partial charge in [-0.25, -0.2) is 0 Å². The topological polar surface area (TPSA) is 87.9 Å². The molecule has 0 radical (unpaired) electrons. The molecule has 0 aliphatic rings. The van der Waals surface area contributed by atoms with Gasteiger partial charge >= 0.3 is 0 Å². The van der Waals surface area contributed by atoms with E-state index in [-0.39, 0.29) is 5.91 Å². The third-order valence-electron chi connectivity index (χ3n) is 2.68. The quantitative estimate of drug-likeness (QED) is 0.838. The van der Waals surface area contributed by atoms with Crippen molar-refractivity contribution < 1.29 is 4.79 Å². The van der Waals surface area contributed by atoms with E-state index in [1.807, 2.05) is 31.2 Å². The van der Waals surface area contributed by atoms with Crippen LogP contribution < -0.4 is 10.6 Å². The van der Waals surface area contributed by atoms with E-state index < -0.39 is 0 Å². The number of carbonyl (C=O) groups excluding carboxylic acids is 1. The van der Waals surface area contributed by atoms with Crippen molar-refractivity contribution in [1.29, 1.82) is 0 Å². The molecule has 2 rings (SSSR count). The molecule has 0 aliphatic carbocycles. The third kappa shape index (κ3) is 2.38. The largest absolute Gasteiger partial charge is 0.326 e. The Morgan fingerprint density at radius 3 is 2.61 bits per heavy atom. The first kappa shape index (κ1) is 12.3. The highest BCUT2D eigenvalue weighted by atomic mass is 16.2. The van der Waals surface area contributed by atoms with E-state index in [0.717, 1.165) is 11.3 Å². The predicted octanol–water partition coefficient (Wildman–Crippen LogP) is 0.930. The summed E-state index contributed by atoms with van der Waals surface area (Å²) in [7, 11) is 0. The van der Waals surface area contributed by atoms with Crippen molar-refractivity contribution in [2.45, 2.75) is 13.5 Å². The van der Waals surface area contributed by atoms with Crippen molar-refractivity contribution in [1.82, 2.24) is 15.4 Å². The molecule has 1 aromatic carbocycles. The lowest BCUT2D eigenvalue weighted by molar-refractivity contribution is 0.0983. The number of benzene rings is 1. The molecule has 0 saturated carbocycles. The van der Waals surface area contributed by atoms with Gasteiger partial charge in [-0.05, 0) is 24.6 Å². The summed E-state index contributed by atoms with van der Waals surface area (Å²) in [6.07, 6.45) is 1.42. The van der Waals surface area contributed by atoms with Crippen LogP contribution in [0.25, 0.3) is 0 Å². The fraction of sp³-hybridized carbons (Fsp3) is 0.250. The summed E-state index contributed by atoms with van der Waals surface area (Å²) in [5.41, 5.74) is 7.70. The first-order valence-corrected chi connectivity index (χ1v) is 5.73. The van der Waals surface area contributed by atoms with Crippen LogP contribution in [0.15, 0.2) is 30.5 Å². The number of carbonyl (C=O) groups is 1. The number of aromatic amines is 1. The van der Waals surface area contributed by atoms with Crippen LogP contribution in [0.2, 0.25) is 0 Å². The molecule has 1 amide bonds. The van der Waals surface area contributed by atoms with Gasteiger partial charge in [-0.15, -0.1) is 0 Å². The summed E-state index contributed by atoms with van der Waals surface area (Å²) in [6, 6.07) is 7.58. The molecule has 6 heteroatoms. The molecule has 0 saturated heterocycles. The van der Waals surface area contributed by atoms with E-state index >= 15 is 0 Å². The second kappa shape index (κ2) is 5.42. The van der Waals surface area contributed by atoms with Gasteiger partial charge in [0.05, 0.1) is 6.20 Å². The summed E-state index contributed by atoms with van der Waals surface area (Å²) in [5, 5.41) is 9.87. The van der Waals surface area contributed by atoms with Gasteiger partial charge in [0.2, 0.25) is 0 Å².